The van der Waals surface area contributed by atoms with Crippen LogP contribution in [0.1, 0.15) is 52.2 Å². The molecule has 162 valence electrons. The highest BCUT2D eigenvalue weighted by molar-refractivity contribution is 7.89. The van der Waals surface area contributed by atoms with Crippen molar-refractivity contribution in [2.75, 3.05) is 31.6 Å². The molecule has 0 saturated carbocycles. The zero-order valence-corrected chi connectivity index (χ0v) is 18.8. The summed E-state index contributed by atoms with van der Waals surface area (Å²) in [6.45, 7) is 3.21. The van der Waals surface area contributed by atoms with E-state index >= 15 is 0 Å². The maximum Gasteiger partial charge on any atom is 0.257 e. The molecule has 0 radical (unpaired) electrons. The molecule has 1 N–H and O–H groups in total. The number of fused-ring (bicyclic) bond motifs is 1. The summed E-state index contributed by atoms with van der Waals surface area (Å²) in [5.74, 6) is -0.326. The molecule has 4 rings (SSSR count). The number of carbonyl (C=O) groups is 1. The highest BCUT2D eigenvalue weighted by Gasteiger charge is 2.27. The molecule has 2 heterocycles. The molecule has 7 nitrogen and oxygen atoms in total. The van der Waals surface area contributed by atoms with Gasteiger partial charge in [0.15, 0.2) is 5.13 Å². The molecular weight excluding hydrogens is 422 g/mol. The van der Waals surface area contributed by atoms with E-state index in [0.717, 1.165) is 36.9 Å². The van der Waals surface area contributed by atoms with Crippen molar-refractivity contribution in [2.45, 2.75) is 50.3 Å². The zero-order valence-electron chi connectivity index (χ0n) is 17.1. The molecule has 30 heavy (non-hydrogen) atoms. The Morgan fingerprint density at radius 3 is 2.63 bits per heavy atom. The summed E-state index contributed by atoms with van der Waals surface area (Å²) in [6.07, 6.45) is 6.71. The van der Waals surface area contributed by atoms with Gasteiger partial charge in [0.2, 0.25) is 10.0 Å². The fraction of sp³-hybridized carbons (Fsp3) is 0.524. The van der Waals surface area contributed by atoms with Gasteiger partial charge in [-0.1, -0.05) is 18.9 Å². The largest absolute Gasteiger partial charge is 0.379 e. The monoisotopic (exact) mass is 449 g/mol. The van der Waals surface area contributed by atoms with Crippen molar-refractivity contribution in [2.24, 2.45) is 0 Å². The first-order valence-corrected chi connectivity index (χ1v) is 12.7. The SMILES string of the molecule is Cc1ccc(S(=O)(=O)N2CCOCC2)cc1C(=O)Nc1nc2c(s1)CCCCCC2. The van der Waals surface area contributed by atoms with Crippen LogP contribution in [0.2, 0.25) is 0 Å². The lowest BCUT2D eigenvalue weighted by Crippen LogP contribution is -2.40. The molecule has 1 aliphatic heterocycles. The molecule has 2 aromatic rings. The Balaban J connectivity index is 1.56. The average molecular weight is 450 g/mol. The molecule has 0 bridgehead atoms. The van der Waals surface area contributed by atoms with Crippen molar-refractivity contribution in [1.82, 2.24) is 9.29 Å². The minimum Gasteiger partial charge on any atom is -0.379 e. The molecule has 0 spiro atoms. The molecule has 1 aliphatic carbocycles. The third kappa shape index (κ3) is 4.59. The van der Waals surface area contributed by atoms with E-state index in [1.807, 2.05) is 0 Å². The molecule has 0 atom stereocenters. The normalized spacial score (nSPS) is 18.3. The van der Waals surface area contributed by atoms with Crippen LogP contribution in [0.5, 0.6) is 0 Å². The molecule has 1 fully saturated rings. The van der Waals surface area contributed by atoms with Gasteiger partial charge in [0.05, 0.1) is 23.8 Å². The molecule has 1 aromatic heterocycles. The highest BCUT2D eigenvalue weighted by atomic mass is 32.2. The van der Waals surface area contributed by atoms with Gasteiger partial charge in [0.25, 0.3) is 5.91 Å². The predicted molar refractivity (Wildman–Crippen MR) is 117 cm³/mol. The van der Waals surface area contributed by atoms with Crippen LogP contribution in [0.4, 0.5) is 5.13 Å². The second-order valence-electron chi connectivity index (χ2n) is 7.75. The number of sulfonamides is 1. The van der Waals surface area contributed by atoms with E-state index in [-0.39, 0.29) is 10.8 Å². The maximum atomic E-state index is 13.0. The first kappa shape index (κ1) is 21.4. The van der Waals surface area contributed by atoms with Gasteiger partial charge in [-0.3, -0.25) is 10.1 Å². The van der Waals surface area contributed by atoms with Gasteiger partial charge in [-0.2, -0.15) is 4.31 Å². The number of anilines is 1. The molecule has 1 aromatic carbocycles. The number of amides is 1. The van der Waals surface area contributed by atoms with E-state index < -0.39 is 10.0 Å². The number of ether oxygens (including phenoxy) is 1. The number of nitrogens with one attached hydrogen (secondary N) is 1. The van der Waals surface area contributed by atoms with Crippen molar-refractivity contribution >= 4 is 32.4 Å². The van der Waals surface area contributed by atoms with Crippen LogP contribution in [-0.4, -0.2) is 49.9 Å². The van der Waals surface area contributed by atoms with Crippen LogP contribution >= 0.6 is 11.3 Å². The van der Waals surface area contributed by atoms with Gasteiger partial charge < -0.3 is 4.74 Å². The van der Waals surface area contributed by atoms with Gasteiger partial charge in [-0.15, -0.1) is 11.3 Å². The van der Waals surface area contributed by atoms with Crippen molar-refractivity contribution in [3.05, 3.63) is 39.9 Å². The summed E-state index contributed by atoms with van der Waals surface area (Å²) in [5.41, 5.74) is 2.17. The van der Waals surface area contributed by atoms with Gasteiger partial charge in [-0.25, -0.2) is 13.4 Å². The Labute approximate surface area is 181 Å². The topological polar surface area (TPSA) is 88.6 Å². The fourth-order valence-electron chi connectivity index (χ4n) is 3.87. The smallest absolute Gasteiger partial charge is 0.257 e. The molecule has 1 saturated heterocycles. The van der Waals surface area contributed by atoms with Crippen LogP contribution in [-0.2, 0) is 27.6 Å². The summed E-state index contributed by atoms with van der Waals surface area (Å²) in [5, 5.41) is 3.49. The maximum absolute atomic E-state index is 13.0. The Morgan fingerprint density at radius 2 is 1.87 bits per heavy atom. The fourth-order valence-corrected chi connectivity index (χ4v) is 6.35. The molecule has 9 heteroatoms. The number of aromatic nitrogens is 1. The summed E-state index contributed by atoms with van der Waals surface area (Å²) >= 11 is 1.54. The second kappa shape index (κ2) is 9.13. The number of thiazole rings is 1. The van der Waals surface area contributed by atoms with Crippen LogP contribution < -0.4 is 5.32 Å². The number of hydrogen-bond acceptors (Lipinski definition) is 6. The van der Waals surface area contributed by atoms with E-state index in [9.17, 15) is 13.2 Å². The van der Waals surface area contributed by atoms with Crippen LogP contribution in [0.3, 0.4) is 0 Å². The van der Waals surface area contributed by atoms with Gasteiger partial charge in [-0.05, 0) is 50.3 Å². The third-order valence-corrected chi connectivity index (χ3v) is 8.60. The van der Waals surface area contributed by atoms with Gasteiger partial charge >= 0.3 is 0 Å². The number of hydrogen-bond donors (Lipinski definition) is 1. The summed E-state index contributed by atoms with van der Waals surface area (Å²) in [7, 11) is -3.66. The van der Waals surface area contributed by atoms with Crippen molar-refractivity contribution in [3.8, 4) is 0 Å². The first-order chi connectivity index (χ1) is 14.4. The van der Waals surface area contributed by atoms with Crippen LogP contribution in [0.15, 0.2) is 23.1 Å². The minimum absolute atomic E-state index is 0.131. The lowest BCUT2D eigenvalue weighted by Gasteiger charge is -2.26. The first-order valence-electron chi connectivity index (χ1n) is 10.4. The lowest BCUT2D eigenvalue weighted by atomic mass is 10.0. The summed E-state index contributed by atoms with van der Waals surface area (Å²) < 4.78 is 32.6. The zero-order chi connectivity index (χ0) is 21.1. The van der Waals surface area contributed by atoms with E-state index in [2.05, 4.69) is 10.3 Å². The van der Waals surface area contributed by atoms with Crippen LogP contribution in [0, 0.1) is 6.92 Å². The van der Waals surface area contributed by atoms with Gasteiger partial charge in [0, 0.05) is 23.5 Å². The number of carbonyl (C=O) groups excluding carboxylic acids is 1. The quantitative estimate of drug-likeness (QED) is 0.773. The number of rotatable bonds is 4. The Bertz CT molecular complexity index is 1000. The van der Waals surface area contributed by atoms with E-state index in [1.165, 1.54) is 39.4 Å². The van der Waals surface area contributed by atoms with Crippen molar-refractivity contribution in [3.63, 3.8) is 0 Å². The van der Waals surface area contributed by atoms with E-state index in [1.54, 1.807) is 19.1 Å². The van der Waals surface area contributed by atoms with Crippen molar-refractivity contribution in [1.29, 1.82) is 0 Å². The van der Waals surface area contributed by atoms with Crippen molar-refractivity contribution < 1.29 is 17.9 Å². The molecular formula is C21H27N3O4S2. The Morgan fingerprint density at radius 1 is 1.13 bits per heavy atom. The van der Waals surface area contributed by atoms with Gasteiger partial charge in [0.1, 0.15) is 0 Å². The summed E-state index contributed by atoms with van der Waals surface area (Å²) in [6, 6.07) is 4.72. The average Bonchev–Trinajstić information content (AvgIpc) is 3.09. The lowest BCUT2D eigenvalue weighted by molar-refractivity contribution is 0.0730. The van der Waals surface area contributed by atoms with E-state index in [4.69, 9.17) is 4.74 Å². The molecule has 0 unspecified atom stereocenters. The van der Waals surface area contributed by atoms with E-state index in [0.29, 0.717) is 37.0 Å². The standard InChI is InChI=1S/C21H27N3O4S2/c1-15-8-9-16(30(26,27)24-10-12-28-13-11-24)14-17(15)20(25)23-21-22-18-6-4-2-3-5-7-19(18)29-21/h8-9,14H,2-7,10-13H2,1H3,(H,22,23,25). The highest BCUT2D eigenvalue weighted by Crippen LogP contribution is 2.29. The molecule has 1 amide bonds. The Kier molecular flexibility index (Phi) is 6.52. The third-order valence-electron chi connectivity index (χ3n) is 5.63. The number of aryl methyl sites for hydroxylation is 3. The minimum atomic E-state index is -3.66. The number of nitrogens with zero attached hydrogens (tertiary/aromatic N) is 2. The molecule has 2 aliphatic rings. The number of benzene rings is 1. The number of morpholine rings is 1. The predicted octanol–water partition coefficient (Wildman–Crippen LogP) is 3.38. The summed E-state index contributed by atoms with van der Waals surface area (Å²) in [4.78, 5) is 19.0. The Hall–Kier alpha value is -1.81. The van der Waals surface area contributed by atoms with Crippen LogP contribution in [0.25, 0.3) is 0 Å². The second-order valence-corrected chi connectivity index (χ2v) is 10.8.